The molecule has 132 valence electrons. The number of hydrogen-bond donors (Lipinski definition) is 2. The standard InChI is InChI=1S/C21H21N3O2/c1-2-24(21(26)17-13-18(20(22)25)23-14-17)19(15-9-5-3-6-10-15)16-11-7-4-8-12-16/h3-14,19,23H,2H2,1H3,(H2,22,25). The Balaban J connectivity index is 2.02. The fraction of sp³-hybridized carbons (Fsp3) is 0.143. The van der Waals surface area contributed by atoms with E-state index in [4.69, 9.17) is 5.73 Å². The normalized spacial score (nSPS) is 10.7. The lowest BCUT2D eigenvalue weighted by Gasteiger charge is -2.31. The van der Waals surface area contributed by atoms with Crippen molar-refractivity contribution in [2.45, 2.75) is 13.0 Å². The zero-order valence-corrected chi connectivity index (χ0v) is 14.6. The Labute approximate surface area is 152 Å². The second-order valence-corrected chi connectivity index (χ2v) is 5.98. The molecular weight excluding hydrogens is 326 g/mol. The fourth-order valence-corrected chi connectivity index (χ4v) is 3.09. The zero-order chi connectivity index (χ0) is 18.5. The zero-order valence-electron chi connectivity index (χ0n) is 14.6. The van der Waals surface area contributed by atoms with Crippen LogP contribution in [0.25, 0.3) is 0 Å². The Bertz CT molecular complexity index is 848. The van der Waals surface area contributed by atoms with E-state index in [9.17, 15) is 9.59 Å². The predicted octanol–water partition coefficient (Wildman–Crippen LogP) is 3.37. The number of amides is 2. The van der Waals surface area contributed by atoms with Crippen LogP contribution < -0.4 is 5.73 Å². The highest BCUT2D eigenvalue weighted by Gasteiger charge is 2.27. The lowest BCUT2D eigenvalue weighted by molar-refractivity contribution is 0.0717. The highest BCUT2D eigenvalue weighted by molar-refractivity contribution is 5.98. The van der Waals surface area contributed by atoms with Crippen molar-refractivity contribution in [3.8, 4) is 0 Å². The highest BCUT2D eigenvalue weighted by Crippen LogP contribution is 2.29. The molecule has 0 atom stereocenters. The van der Waals surface area contributed by atoms with Gasteiger partial charge in [-0.1, -0.05) is 60.7 Å². The van der Waals surface area contributed by atoms with Crippen LogP contribution in [0.1, 0.15) is 44.9 Å². The van der Waals surface area contributed by atoms with Gasteiger partial charge in [-0.15, -0.1) is 0 Å². The van der Waals surface area contributed by atoms with Crippen LogP contribution in [0.4, 0.5) is 0 Å². The van der Waals surface area contributed by atoms with Crippen LogP contribution in [0.3, 0.4) is 0 Å². The van der Waals surface area contributed by atoms with Gasteiger partial charge in [0.15, 0.2) is 0 Å². The van der Waals surface area contributed by atoms with E-state index in [1.165, 1.54) is 12.3 Å². The lowest BCUT2D eigenvalue weighted by atomic mass is 9.96. The number of nitrogens with two attached hydrogens (primary N) is 1. The van der Waals surface area contributed by atoms with Crippen molar-refractivity contribution in [1.82, 2.24) is 9.88 Å². The van der Waals surface area contributed by atoms with Crippen molar-refractivity contribution in [2.24, 2.45) is 5.73 Å². The first-order valence-corrected chi connectivity index (χ1v) is 8.51. The van der Waals surface area contributed by atoms with E-state index in [0.717, 1.165) is 11.1 Å². The first-order valence-electron chi connectivity index (χ1n) is 8.51. The summed E-state index contributed by atoms with van der Waals surface area (Å²) in [7, 11) is 0. The number of aromatic nitrogens is 1. The molecule has 1 heterocycles. The highest BCUT2D eigenvalue weighted by atomic mass is 16.2. The minimum Gasteiger partial charge on any atom is -0.364 e. The first kappa shape index (κ1) is 17.5. The molecule has 0 fully saturated rings. The van der Waals surface area contributed by atoms with Gasteiger partial charge in [0, 0.05) is 12.7 Å². The predicted molar refractivity (Wildman–Crippen MR) is 101 cm³/mol. The van der Waals surface area contributed by atoms with Crippen molar-refractivity contribution in [2.75, 3.05) is 6.54 Å². The van der Waals surface area contributed by atoms with Crippen molar-refractivity contribution in [1.29, 1.82) is 0 Å². The molecule has 3 N–H and O–H groups in total. The minimum absolute atomic E-state index is 0.158. The maximum Gasteiger partial charge on any atom is 0.265 e. The smallest absolute Gasteiger partial charge is 0.265 e. The molecular formula is C21H21N3O2. The van der Waals surface area contributed by atoms with Crippen LogP contribution in [0.15, 0.2) is 72.9 Å². The van der Waals surface area contributed by atoms with Crippen LogP contribution >= 0.6 is 0 Å². The van der Waals surface area contributed by atoms with Gasteiger partial charge in [-0.25, -0.2) is 0 Å². The van der Waals surface area contributed by atoms with Gasteiger partial charge in [0.2, 0.25) is 0 Å². The summed E-state index contributed by atoms with van der Waals surface area (Å²) >= 11 is 0. The third-order valence-corrected chi connectivity index (χ3v) is 4.34. The minimum atomic E-state index is -0.588. The van der Waals surface area contributed by atoms with E-state index in [-0.39, 0.29) is 17.6 Å². The third kappa shape index (κ3) is 3.52. The Kier molecular flexibility index (Phi) is 5.17. The quantitative estimate of drug-likeness (QED) is 0.717. The van der Waals surface area contributed by atoms with Gasteiger partial charge >= 0.3 is 0 Å². The van der Waals surface area contributed by atoms with E-state index in [0.29, 0.717) is 12.1 Å². The number of nitrogens with zero attached hydrogens (tertiary/aromatic N) is 1. The maximum atomic E-state index is 13.2. The molecule has 0 aliphatic heterocycles. The summed E-state index contributed by atoms with van der Waals surface area (Å²) in [6.45, 7) is 2.46. The molecule has 2 amide bonds. The van der Waals surface area contributed by atoms with E-state index in [1.807, 2.05) is 67.6 Å². The summed E-state index contributed by atoms with van der Waals surface area (Å²) in [6, 6.07) is 21.1. The van der Waals surface area contributed by atoms with Crippen molar-refractivity contribution < 1.29 is 9.59 Å². The van der Waals surface area contributed by atoms with E-state index in [1.54, 1.807) is 4.90 Å². The number of benzene rings is 2. The van der Waals surface area contributed by atoms with Crippen LogP contribution in [-0.2, 0) is 0 Å². The molecule has 0 unspecified atom stereocenters. The number of carbonyl (C=O) groups is 2. The van der Waals surface area contributed by atoms with Crippen LogP contribution in [0.2, 0.25) is 0 Å². The molecule has 0 radical (unpaired) electrons. The summed E-state index contributed by atoms with van der Waals surface area (Å²) < 4.78 is 0. The van der Waals surface area contributed by atoms with Gasteiger partial charge < -0.3 is 15.6 Å². The molecule has 5 nitrogen and oxygen atoms in total. The summed E-state index contributed by atoms with van der Waals surface area (Å²) in [5, 5.41) is 0. The van der Waals surface area contributed by atoms with Crippen molar-refractivity contribution in [3.05, 3.63) is 95.3 Å². The van der Waals surface area contributed by atoms with Gasteiger partial charge in [0.25, 0.3) is 11.8 Å². The number of hydrogen-bond acceptors (Lipinski definition) is 2. The van der Waals surface area contributed by atoms with Crippen LogP contribution in [0, 0.1) is 0 Å². The van der Waals surface area contributed by atoms with Gasteiger partial charge in [0.05, 0.1) is 11.6 Å². The Hall–Kier alpha value is -3.34. The van der Waals surface area contributed by atoms with Crippen LogP contribution in [-0.4, -0.2) is 28.2 Å². The summed E-state index contributed by atoms with van der Waals surface area (Å²) in [5.74, 6) is -0.747. The Morgan fingerprint density at radius 3 is 1.96 bits per heavy atom. The molecule has 3 aromatic rings. The SMILES string of the molecule is CCN(C(=O)c1c[nH]c(C(N)=O)c1)C(c1ccccc1)c1ccccc1. The number of carbonyl (C=O) groups excluding carboxylic acids is 2. The molecule has 0 saturated carbocycles. The van der Waals surface area contributed by atoms with Gasteiger partial charge in [0.1, 0.15) is 5.69 Å². The van der Waals surface area contributed by atoms with Crippen molar-refractivity contribution >= 4 is 11.8 Å². The van der Waals surface area contributed by atoms with E-state index in [2.05, 4.69) is 4.98 Å². The number of nitrogens with one attached hydrogen (secondary N) is 1. The first-order chi connectivity index (χ1) is 12.6. The molecule has 26 heavy (non-hydrogen) atoms. The van der Waals surface area contributed by atoms with Crippen molar-refractivity contribution in [3.63, 3.8) is 0 Å². The Morgan fingerprint density at radius 1 is 1.00 bits per heavy atom. The van der Waals surface area contributed by atoms with E-state index >= 15 is 0 Å². The van der Waals surface area contributed by atoms with Gasteiger partial charge in [-0.2, -0.15) is 0 Å². The molecule has 0 aliphatic rings. The molecule has 3 rings (SSSR count). The number of aromatic amines is 1. The number of rotatable bonds is 6. The lowest BCUT2D eigenvalue weighted by Crippen LogP contribution is -2.35. The topological polar surface area (TPSA) is 79.2 Å². The van der Waals surface area contributed by atoms with Crippen LogP contribution in [0.5, 0.6) is 0 Å². The summed E-state index contributed by atoms with van der Waals surface area (Å²) in [5.41, 5.74) is 7.97. The van der Waals surface area contributed by atoms with Gasteiger partial charge in [-0.3, -0.25) is 9.59 Å². The van der Waals surface area contributed by atoms with E-state index < -0.39 is 5.91 Å². The molecule has 2 aromatic carbocycles. The second kappa shape index (κ2) is 7.70. The second-order valence-electron chi connectivity index (χ2n) is 5.98. The summed E-state index contributed by atoms with van der Waals surface area (Å²) in [6.07, 6.45) is 1.53. The molecule has 0 bridgehead atoms. The number of primary amides is 1. The monoisotopic (exact) mass is 347 g/mol. The third-order valence-electron chi connectivity index (χ3n) is 4.34. The molecule has 5 heteroatoms. The number of H-pyrrole nitrogens is 1. The Morgan fingerprint density at radius 2 is 1.54 bits per heavy atom. The van der Waals surface area contributed by atoms with Gasteiger partial charge in [-0.05, 0) is 24.1 Å². The molecule has 0 saturated heterocycles. The molecule has 0 spiro atoms. The summed E-state index contributed by atoms with van der Waals surface area (Å²) in [4.78, 5) is 29.0. The molecule has 0 aliphatic carbocycles. The average Bonchev–Trinajstić information content (AvgIpc) is 3.17. The largest absolute Gasteiger partial charge is 0.364 e. The maximum absolute atomic E-state index is 13.2. The average molecular weight is 347 g/mol. The molecule has 1 aromatic heterocycles. The fourth-order valence-electron chi connectivity index (χ4n) is 3.09.